The molecule has 61 heavy (non-hydrogen) atoms. The van der Waals surface area contributed by atoms with Gasteiger partial charge < -0.3 is 4.57 Å². The average Bonchev–Trinajstić information content (AvgIpc) is 4.01. The summed E-state index contributed by atoms with van der Waals surface area (Å²) in [6.45, 7) is 16.7. The molecule has 0 N–H and O–H groups in total. The van der Waals surface area contributed by atoms with E-state index in [0.29, 0.717) is 11.8 Å². The van der Waals surface area contributed by atoms with Gasteiger partial charge in [-0.3, -0.25) is 0 Å². The normalized spacial score (nSPS) is 12.0. The molecule has 0 amide bonds. The van der Waals surface area contributed by atoms with Crippen molar-refractivity contribution in [3.8, 4) is 53.8 Å². The van der Waals surface area contributed by atoms with Gasteiger partial charge in [0, 0.05) is 70.1 Å². The minimum absolute atomic E-state index is 0.449. The van der Waals surface area contributed by atoms with E-state index in [0.717, 1.165) is 51.2 Å². The van der Waals surface area contributed by atoms with E-state index in [-0.39, 0.29) is 0 Å². The predicted molar refractivity (Wildman–Crippen MR) is 267 cm³/mol. The maximum Gasteiger partial charge on any atom is 0.0988 e. The van der Waals surface area contributed by atoms with Crippen molar-refractivity contribution in [1.82, 2.24) is 14.5 Å². The molecule has 0 aliphatic carbocycles. The van der Waals surface area contributed by atoms with Gasteiger partial charge in [0.25, 0.3) is 0 Å². The van der Waals surface area contributed by atoms with E-state index in [9.17, 15) is 0 Å². The second-order valence-corrected chi connectivity index (χ2v) is 19.9. The fraction of sp³-hybridized carbons (Fsp3) is 0.286. The number of rotatable bonds is 14. The lowest BCUT2D eigenvalue weighted by molar-refractivity contribution is 0.571. The summed E-state index contributed by atoms with van der Waals surface area (Å²) in [5, 5.41) is 2.69. The number of hydrogen-bond donors (Lipinski definition) is 0. The Kier molecular flexibility index (Phi) is 11.8. The van der Waals surface area contributed by atoms with Crippen LogP contribution in [0.5, 0.6) is 0 Å². The topological polar surface area (TPSA) is 30.7 Å². The van der Waals surface area contributed by atoms with Crippen LogP contribution < -0.4 is 0 Å². The number of fused-ring (bicyclic) bond motifs is 4. The molecule has 4 heterocycles. The van der Waals surface area contributed by atoms with Gasteiger partial charge in [-0.1, -0.05) is 152 Å². The largest absolute Gasteiger partial charge is 0.340 e. The Labute approximate surface area is 370 Å². The van der Waals surface area contributed by atoms with Gasteiger partial charge in [-0.05, 0) is 90.8 Å². The van der Waals surface area contributed by atoms with Gasteiger partial charge in [0.1, 0.15) is 0 Å². The second kappa shape index (κ2) is 17.6. The number of benzene rings is 5. The van der Waals surface area contributed by atoms with Crippen molar-refractivity contribution in [2.24, 2.45) is 0 Å². The maximum atomic E-state index is 5.69. The summed E-state index contributed by atoms with van der Waals surface area (Å²) < 4.78 is 2.59. The molecule has 0 saturated heterocycles. The van der Waals surface area contributed by atoms with Gasteiger partial charge in [-0.25, -0.2) is 9.97 Å². The first-order valence-electron chi connectivity index (χ1n) is 22.4. The highest BCUT2D eigenvalue weighted by Gasteiger charge is 2.21. The van der Waals surface area contributed by atoms with Crippen LogP contribution in [0.25, 0.3) is 86.7 Å². The van der Waals surface area contributed by atoms with Gasteiger partial charge in [-0.15, -0.1) is 22.7 Å². The van der Waals surface area contributed by atoms with E-state index in [1.165, 1.54) is 102 Å². The van der Waals surface area contributed by atoms with Crippen LogP contribution in [0.4, 0.5) is 0 Å². The highest BCUT2D eigenvalue weighted by atomic mass is 32.1. The highest BCUT2D eigenvalue weighted by molar-refractivity contribution is 7.19. The van der Waals surface area contributed by atoms with E-state index in [2.05, 4.69) is 174 Å². The summed E-state index contributed by atoms with van der Waals surface area (Å²) in [7, 11) is 0. The Morgan fingerprint density at radius 2 is 1.00 bits per heavy atom. The summed E-state index contributed by atoms with van der Waals surface area (Å²) >= 11 is 3.67. The van der Waals surface area contributed by atoms with E-state index >= 15 is 0 Å². The summed E-state index contributed by atoms with van der Waals surface area (Å²) in [6, 6.07) is 45.6. The number of nitrogens with zero attached hydrogens (tertiary/aromatic N) is 3. The van der Waals surface area contributed by atoms with Gasteiger partial charge in [-0.2, -0.15) is 0 Å². The van der Waals surface area contributed by atoms with Crippen LogP contribution in [0.15, 0.2) is 121 Å². The van der Waals surface area contributed by atoms with Crippen LogP contribution >= 0.6 is 22.7 Å². The third kappa shape index (κ3) is 8.23. The SMILES string of the molecule is CCCCCCCCn1c2cc(C)ccc2c2ccc(-c3ccc(-c4ccc(-c5ccc(C)s5)c5nc(-c6ccc(C(C)C)cc6)c(-c6ccc(C(C)C)cc6)nc45)s3)cc21. The molecule has 0 unspecified atom stereocenters. The van der Waals surface area contributed by atoms with E-state index in [1.807, 2.05) is 22.7 Å². The highest BCUT2D eigenvalue weighted by Crippen LogP contribution is 2.44. The van der Waals surface area contributed by atoms with E-state index in [1.54, 1.807) is 0 Å². The predicted octanol–water partition coefficient (Wildman–Crippen LogP) is 17.4. The third-order valence-corrected chi connectivity index (χ3v) is 14.6. The van der Waals surface area contributed by atoms with Crippen molar-refractivity contribution in [3.63, 3.8) is 0 Å². The van der Waals surface area contributed by atoms with Crippen LogP contribution in [0.3, 0.4) is 0 Å². The van der Waals surface area contributed by atoms with Crippen LogP contribution in [0, 0.1) is 13.8 Å². The molecule has 0 aliphatic rings. The Morgan fingerprint density at radius 3 is 1.57 bits per heavy atom. The van der Waals surface area contributed by atoms with Gasteiger partial charge >= 0.3 is 0 Å². The summed E-state index contributed by atoms with van der Waals surface area (Å²) in [6.07, 6.45) is 7.76. The number of hydrogen-bond acceptors (Lipinski definition) is 4. The summed E-state index contributed by atoms with van der Waals surface area (Å²) in [4.78, 5) is 16.3. The van der Waals surface area contributed by atoms with Crippen molar-refractivity contribution < 1.29 is 0 Å². The van der Waals surface area contributed by atoms with Crippen LogP contribution in [-0.4, -0.2) is 14.5 Å². The molecule has 9 rings (SSSR count). The van der Waals surface area contributed by atoms with Crippen molar-refractivity contribution in [3.05, 3.63) is 143 Å². The van der Waals surface area contributed by atoms with Crippen molar-refractivity contribution in [2.45, 2.75) is 105 Å². The fourth-order valence-corrected chi connectivity index (χ4v) is 10.8. The zero-order valence-electron chi connectivity index (χ0n) is 36.8. The monoisotopic (exact) mass is 835 g/mol. The van der Waals surface area contributed by atoms with Crippen molar-refractivity contribution in [2.75, 3.05) is 0 Å². The molecular weight excluding hydrogens is 779 g/mol. The summed E-state index contributed by atoms with van der Waals surface area (Å²) in [5.41, 5.74) is 16.0. The molecule has 308 valence electrons. The Balaban J connectivity index is 1.18. The second-order valence-electron chi connectivity index (χ2n) is 17.6. The molecule has 9 aromatic rings. The molecule has 5 aromatic carbocycles. The van der Waals surface area contributed by atoms with E-state index in [4.69, 9.17) is 9.97 Å². The molecule has 3 nitrogen and oxygen atoms in total. The zero-order chi connectivity index (χ0) is 42.2. The van der Waals surface area contributed by atoms with Crippen LogP contribution in [0.1, 0.15) is 107 Å². The number of unbranched alkanes of at least 4 members (excludes halogenated alkanes) is 5. The molecule has 0 aliphatic heterocycles. The van der Waals surface area contributed by atoms with Crippen molar-refractivity contribution >= 4 is 55.5 Å². The maximum absolute atomic E-state index is 5.69. The average molecular weight is 836 g/mol. The molecule has 0 fully saturated rings. The van der Waals surface area contributed by atoms with Gasteiger partial charge in [0.2, 0.25) is 0 Å². The zero-order valence-corrected chi connectivity index (χ0v) is 38.4. The molecule has 0 bridgehead atoms. The van der Waals surface area contributed by atoms with Gasteiger partial charge in [0.05, 0.1) is 22.4 Å². The first-order valence-corrected chi connectivity index (χ1v) is 24.1. The molecule has 5 heteroatoms. The smallest absolute Gasteiger partial charge is 0.0988 e. The minimum atomic E-state index is 0.449. The molecule has 0 saturated carbocycles. The lowest BCUT2D eigenvalue weighted by atomic mass is 9.96. The number of thiophene rings is 2. The molecular formula is C56H57N3S2. The van der Waals surface area contributed by atoms with Gasteiger partial charge in [0.15, 0.2) is 0 Å². The third-order valence-electron chi connectivity index (χ3n) is 12.4. The lowest BCUT2D eigenvalue weighted by Crippen LogP contribution is -1.99. The van der Waals surface area contributed by atoms with Crippen LogP contribution in [0.2, 0.25) is 0 Å². The van der Waals surface area contributed by atoms with Crippen LogP contribution in [-0.2, 0) is 6.54 Å². The number of aryl methyl sites for hydroxylation is 3. The quantitative estimate of drug-likeness (QED) is 0.102. The Bertz CT molecular complexity index is 2980. The minimum Gasteiger partial charge on any atom is -0.340 e. The summed E-state index contributed by atoms with van der Waals surface area (Å²) in [5.74, 6) is 0.901. The van der Waals surface area contributed by atoms with E-state index < -0.39 is 0 Å². The molecule has 0 radical (unpaired) electrons. The fourth-order valence-electron chi connectivity index (χ4n) is 8.85. The Hall–Kier alpha value is -5.36. The number of aromatic nitrogens is 3. The molecule has 0 atom stereocenters. The van der Waals surface area contributed by atoms with Crippen molar-refractivity contribution in [1.29, 1.82) is 0 Å². The molecule has 0 spiro atoms. The first-order chi connectivity index (χ1) is 29.7. The lowest BCUT2D eigenvalue weighted by Gasteiger charge is -2.16. The first kappa shape index (κ1) is 41.0. The standard InChI is InChI=1S/C56H57N3S2/c1-8-9-10-11-12-13-32-59-48-33-37(6)14-25-44(48)45-26-24-43(34-49(45)59)50-30-31-52(61-50)47-28-27-46(51-29-15-38(7)60-51)55-56(47)58-54(42-22-18-40(19-23-42)36(4)5)53(57-55)41-20-16-39(17-21-41)35(2)3/h14-31,33-36H,8-13,32H2,1-7H3. The molecule has 4 aromatic heterocycles. The Morgan fingerprint density at radius 1 is 0.492 bits per heavy atom.